The monoisotopic (exact) mass is 351 g/mol. The smallest absolute Gasteiger partial charge is 0.269 e. The standard InChI is InChI=1S/C21H25N3O2/c1-26-20-10-6-5-9-18(20)24-17-12-14-22-19(15-17)21(25)23-13-11-16-7-3-2-4-8-16/h5-7,9-10,12,14-15H,2-4,8,11,13H2,1H3,(H,22,24)(H,23,25). The van der Waals surface area contributed by atoms with Gasteiger partial charge < -0.3 is 15.4 Å². The van der Waals surface area contributed by atoms with Gasteiger partial charge in [0, 0.05) is 18.4 Å². The second-order valence-corrected chi connectivity index (χ2v) is 6.37. The molecule has 2 aromatic rings. The third-order valence-electron chi connectivity index (χ3n) is 4.50. The third-order valence-corrected chi connectivity index (χ3v) is 4.50. The number of amides is 1. The second-order valence-electron chi connectivity index (χ2n) is 6.37. The summed E-state index contributed by atoms with van der Waals surface area (Å²) < 4.78 is 5.34. The van der Waals surface area contributed by atoms with Gasteiger partial charge in [-0.2, -0.15) is 0 Å². The lowest BCUT2D eigenvalue weighted by Gasteiger charge is -2.13. The molecule has 26 heavy (non-hydrogen) atoms. The van der Waals surface area contributed by atoms with E-state index in [9.17, 15) is 4.79 Å². The number of hydrogen-bond donors (Lipinski definition) is 2. The first-order valence-corrected chi connectivity index (χ1v) is 9.08. The van der Waals surface area contributed by atoms with Crippen molar-refractivity contribution in [1.29, 1.82) is 0 Å². The first kappa shape index (κ1) is 18.0. The van der Waals surface area contributed by atoms with Crippen molar-refractivity contribution in [2.45, 2.75) is 32.1 Å². The first-order valence-electron chi connectivity index (χ1n) is 9.08. The predicted molar refractivity (Wildman–Crippen MR) is 104 cm³/mol. The van der Waals surface area contributed by atoms with E-state index in [2.05, 4.69) is 21.7 Å². The van der Waals surface area contributed by atoms with Crippen molar-refractivity contribution < 1.29 is 9.53 Å². The minimum atomic E-state index is -0.148. The summed E-state index contributed by atoms with van der Waals surface area (Å²) in [6.45, 7) is 0.649. The van der Waals surface area contributed by atoms with Crippen LogP contribution in [0.15, 0.2) is 54.2 Å². The lowest BCUT2D eigenvalue weighted by molar-refractivity contribution is 0.0949. The number of pyridine rings is 1. The van der Waals surface area contributed by atoms with Crippen LogP contribution in [0.5, 0.6) is 5.75 Å². The second kappa shape index (κ2) is 9.04. The summed E-state index contributed by atoms with van der Waals surface area (Å²) in [7, 11) is 1.63. The van der Waals surface area contributed by atoms with E-state index in [1.807, 2.05) is 30.3 Å². The van der Waals surface area contributed by atoms with Gasteiger partial charge >= 0.3 is 0 Å². The van der Waals surface area contributed by atoms with Crippen LogP contribution in [0.25, 0.3) is 0 Å². The van der Waals surface area contributed by atoms with Crippen molar-refractivity contribution in [2.24, 2.45) is 0 Å². The maximum atomic E-state index is 12.4. The molecule has 0 saturated heterocycles. The van der Waals surface area contributed by atoms with Crippen LogP contribution in [-0.4, -0.2) is 24.5 Å². The first-order chi connectivity index (χ1) is 12.8. The minimum absolute atomic E-state index is 0.148. The van der Waals surface area contributed by atoms with Gasteiger partial charge in [0.2, 0.25) is 0 Å². The van der Waals surface area contributed by atoms with E-state index in [1.54, 1.807) is 19.4 Å². The highest BCUT2D eigenvalue weighted by atomic mass is 16.5. The Balaban J connectivity index is 1.59. The Hall–Kier alpha value is -2.82. The van der Waals surface area contributed by atoms with Crippen molar-refractivity contribution in [3.8, 4) is 5.75 Å². The molecule has 1 heterocycles. The van der Waals surface area contributed by atoms with Crippen molar-refractivity contribution in [1.82, 2.24) is 10.3 Å². The summed E-state index contributed by atoms with van der Waals surface area (Å²) in [5, 5.41) is 6.24. The maximum Gasteiger partial charge on any atom is 0.269 e. The molecule has 1 aromatic carbocycles. The fourth-order valence-electron chi connectivity index (χ4n) is 3.09. The molecule has 0 atom stereocenters. The van der Waals surface area contributed by atoms with Crippen LogP contribution in [0.4, 0.5) is 11.4 Å². The zero-order valence-electron chi connectivity index (χ0n) is 15.1. The van der Waals surface area contributed by atoms with E-state index in [1.165, 1.54) is 24.8 Å². The Bertz CT molecular complexity index is 786. The molecule has 0 unspecified atom stereocenters. The number of allylic oxidation sites excluding steroid dienone is 1. The summed E-state index contributed by atoms with van der Waals surface area (Å²) in [4.78, 5) is 16.6. The molecule has 136 valence electrons. The van der Waals surface area contributed by atoms with E-state index >= 15 is 0 Å². The molecular formula is C21H25N3O2. The number of benzene rings is 1. The van der Waals surface area contributed by atoms with Crippen molar-refractivity contribution in [3.05, 3.63) is 59.9 Å². The number of anilines is 2. The zero-order valence-corrected chi connectivity index (χ0v) is 15.1. The van der Waals surface area contributed by atoms with Crippen LogP contribution in [0.2, 0.25) is 0 Å². The fourth-order valence-corrected chi connectivity index (χ4v) is 3.09. The molecule has 5 heteroatoms. The van der Waals surface area contributed by atoms with E-state index in [4.69, 9.17) is 4.74 Å². The van der Waals surface area contributed by atoms with Gasteiger partial charge in [0.15, 0.2) is 0 Å². The van der Waals surface area contributed by atoms with E-state index in [0.29, 0.717) is 12.2 Å². The van der Waals surface area contributed by atoms with Gasteiger partial charge in [0.25, 0.3) is 5.91 Å². The summed E-state index contributed by atoms with van der Waals surface area (Å²) in [5.74, 6) is 0.598. The van der Waals surface area contributed by atoms with Crippen LogP contribution in [0, 0.1) is 0 Å². The van der Waals surface area contributed by atoms with Crippen molar-refractivity contribution >= 4 is 17.3 Å². The van der Waals surface area contributed by atoms with Gasteiger partial charge in [-0.3, -0.25) is 9.78 Å². The molecule has 3 rings (SSSR count). The van der Waals surface area contributed by atoms with Crippen LogP contribution in [0.1, 0.15) is 42.6 Å². The number of ether oxygens (including phenoxy) is 1. The van der Waals surface area contributed by atoms with Gasteiger partial charge in [-0.05, 0) is 56.4 Å². The summed E-state index contributed by atoms with van der Waals surface area (Å²) >= 11 is 0. The number of carbonyl (C=O) groups is 1. The largest absolute Gasteiger partial charge is 0.495 e. The normalized spacial score (nSPS) is 13.7. The average Bonchev–Trinajstić information content (AvgIpc) is 2.69. The maximum absolute atomic E-state index is 12.4. The molecule has 0 spiro atoms. The van der Waals surface area contributed by atoms with Gasteiger partial charge in [-0.25, -0.2) is 0 Å². The number of nitrogens with one attached hydrogen (secondary N) is 2. The lowest BCUT2D eigenvalue weighted by atomic mass is 9.97. The molecule has 0 saturated carbocycles. The van der Waals surface area contributed by atoms with E-state index < -0.39 is 0 Å². The predicted octanol–water partition coefficient (Wildman–Crippen LogP) is 4.45. The van der Waals surface area contributed by atoms with Gasteiger partial charge in [-0.15, -0.1) is 0 Å². The summed E-state index contributed by atoms with van der Waals surface area (Å²) in [6.07, 6.45) is 9.74. The third kappa shape index (κ3) is 4.85. The number of aromatic nitrogens is 1. The molecule has 1 aliphatic rings. The van der Waals surface area contributed by atoms with Gasteiger partial charge in [-0.1, -0.05) is 23.8 Å². The highest BCUT2D eigenvalue weighted by Gasteiger charge is 2.10. The van der Waals surface area contributed by atoms with Crippen LogP contribution >= 0.6 is 0 Å². The SMILES string of the molecule is COc1ccccc1Nc1ccnc(C(=O)NCCC2=CCCCC2)c1. The Morgan fingerprint density at radius 3 is 2.92 bits per heavy atom. The minimum Gasteiger partial charge on any atom is -0.495 e. The molecule has 0 aliphatic heterocycles. The summed E-state index contributed by atoms with van der Waals surface area (Å²) in [5.41, 5.74) is 3.50. The summed E-state index contributed by atoms with van der Waals surface area (Å²) in [6, 6.07) is 11.2. The van der Waals surface area contributed by atoms with Crippen LogP contribution in [-0.2, 0) is 0 Å². The number of methoxy groups -OCH3 is 1. The molecule has 5 nitrogen and oxygen atoms in total. The molecule has 0 radical (unpaired) electrons. The molecule has 1 aliphatic carbocycles. The van der Waals surface area contributed by atoms with Gasteiger partial charge in [0.1, 0.15) is 11.4 Å². The zero-order chi connectivity index (χ0) is 18.2. The molecular weight excluding hydrogens is 326 g/mol. The Labute approximate surface area is 154 Å². The number of hydrogen-bond acceptors (Lipinski definition) is 4. The molecule has 0 bridgehead atoms. The highest BCUT2D eigenvalue weighted by molar-refractivity contribution is 5.93. The fraction of sp³-hybridized carbons (Fsp3) is 0.333. The van der Waals surface area contributed by atoms with Crippen molar-refractivity contribution in [2.75, 3.05) is 19.0 Å². The number of carbonyl (C=O) groups excluding carboxylic acids is 1. The number of rotatable bonds is 7. The molecule has 0 fully saturated rings. The Morgan fingerprint density at radius 1 is 1.23 bits per heavy atom. The van der Waals surface area contributed by atoms with E-state index in [0.717, 1.165) is 30.0 Å². The van der Waals surface area contributed by atoms with E-state index in [-0.39, 0.29) is 5.91 Å². The Kier molecular flexibility index (Phi) is 6.25. The molecule has 1 amide bonds. The number of para-hydroxylation sites is 2. The quantitative estimate of drug-likeness (QED) is 0.723. The number of nitrogens with zero attached hydrogens (tertiary/aromatic N) is 1. The van der Waals surface area contributed by atoms with Crippen LogP contribution < -0.4 is 15.4 Å². The van der Waals surface area contributed by atoms with Gasteiger partial charge in [0.05, 0.1) is 12.8 Å². The Morgan fingerprint density at radius 2 is 2.12 bits per heavy atom. The van der Waals surface area contributed by atoms with Crippen LogP contribution in [0.3, 0.4) is 0 Å². The lowest BCUT2D eigenvalue weighted by Crippen LogP contribution is -2.25. The molecule has 1 aromatic heterocycles. The average molecular weight is 351 g/mol. The molecule has 2 N–H and O–H groups in total. The topological polar surface area (TPSA) is 63.2 Å². The highest BCUT2D eigenvalue weighted by Crippen LogP contribution is 2.27. The van der Waals surface area contributed by atoms with Crippen molar-refractivity contribution in [3.63, 3.8) is 0 Å².